The van der Waals surface area contributed by atoms with Crippen molar-refractivity contribution in [1.82, 2.24) is 15.1 Å². The number of rotatable bonds is 4. The number of aliphatic hydroxyl groups excluding tert-OH is 1. The highest BCUT2D eigenvalue weighted by Gasteiger charge is 2.24. The molecule has 1 aliphatic carbocycles. The van der Waals surface area contributed by atoms with Gasteiger partial charge < -0.3 is 16.2 Å². The molecular formula is C13H22N4O2. The number of aliphatic hydroxyl groups is 1. The summed E-state index contributed by atoms with van der Waals surface area (Å²) >= 11 is 0. The van der Waals surface area contributed by atoms with Gasteiger partial charge in [-0.05, 0) is 39.0 Å². The van der Waals surface area contributed by atoms with Crippen LogP contribution in [-0.4, -0.2) is 33.4 Å². The fourth-order valence-electron chi connectivity index (χ4n) is 2.62. The molecule has 4 N–H and O–H groups in total. The van der Waals surface area contributed by atoms with Crippen molar-refractivity contribution in [2.45, 2.75) is 45.8 Å². The van der Waals surface area contributed by atoms with Crippen molar-refractivity contribution < 1.29 is 9.90 Å². The number of hydrogen-bond acceptors (Lipinski definition) is 4. The maximum atomic E-state index is 12.2. The van der Waals surface area contributed by atoms with Crippen LogP contribution in [0, 0.1) is 12.8 Å². The second kappa shape index (κ2) is 5.61. The Morgan fingerprint density at radius 1 is 1.58 bits per heavy atom. The standard InChI is InChI=1S/C13H22N4O2/c1-3-17-12(11(14)8(2)16-17)13(19)15-7-9-4-5-10(18)6-9/h9-10,18H,3-7,14H2,1-2H3,(H,15,19). The first-order valence-corrected chi connectivity index (χ1v) is 6.82. The van der Waals surface area contributed by atoms with Gasteiger partial charge in [0.25, 0.3) is 5.91 Å². The number of aryl methyl sites for hydroxylation is 2. The van der Waals surface area contributed by atoms with Gasteiger partial charge in [0.15, 0.2) is 0 Å². The minimum atomic E-state index is -0.213. The van der Waals surface area contributed by atoms with Gasteiger partial charge in [-0.15, -0.1) is 0 Å². The number of aromatic nitrogens is 2. The molecule has 0 bridgehead atoms. The third kappa shape index (κ3) is 2.89. The maximum Gasteiger partial charge on any atom is 0.271 e. The van der Waals surface area contributed by atoms with E-state index in [4.69, 9.17) is 5.73 Å². The number of carbonyl (C=O) groups excluding carboxylic acids is 1. The van der Waals surface area contributed by atoms with Gasteiger partial charge in [-0.25, -0.2) is 0 Å². The van der Waals surface area contributed by atoms with Crippen LogP contribution in [0.1, 0.15) is 42.4 Å². The first-order valence-electron chi connectivity index (χ1n) is 6.82. The first kappa shape index (κ1) is 13.9. The lowest BCUT2D eigenvalue weighted by Crippen LogP contribution is -2.31. The van der Waals surface area contributed by atoms with Gasteiger partial charge in [0.1, 0.15) is 5.69 Å². The van der Waals surface area contributed by atoms with Gasteiger partial charge >= 0.3 is 0 Å². The lowest BCUT2D eigenvalue weighted by Gasteiger charge is -2.12. The zero-order chi connectivity index (χ0) is 14.0. The Labute approximate surface area is 113 Å². The van der Waals surface area contributed by atoms with Crippen LogP contribution in [0.15, 0.2) is 0 Å². The van der Waals surface area contributed by atoms with Crippen LogP contribution < -0.4 is 11.1 Å². The Balaban J connectivity index is 2.00. The molecule has 0 radical (unpaired) electrons. The highest BCUT2D eigenvalue weighted by molar-refractivity contribution is 5.97. The second-order valence-corrected chi connectivity index (χ2v) is 5.21. The molecule has 6 heteroatoms. The van der Waals surface area contributed by atoms with Gasteiger partial charge in [0.2, 0.25) is 0 Å². The normalized spacial score (nSPS) is 22.7. The van der Waals surface area contributed by atoms with Gasteiger partial charge in [-0.2, -0.15) is 5.10 Å². The molecular weight excluding hydrogens is 244 g/mol. The molecule has 1 aromatic heterocycles. The van der Waals surface area contributed by atoms with E-state index in [9.17, 15) is 9.90 Å². The second-order valence-electron chi connectivity index (χ2n) is 5.21. The Morgan fingerprint density at radius 2 is 2.32 bits per heavy atom. The third-order valence-electron chi connectivity index (χ3n) is 3.75. The summed E-state index contributed by atoms with van der Waals surface area (Å²) in [4.78, 5) is 12.2. The van der Waals surface area contributed by atoms with Crippen LogP contribution in [0.25, 0.3) is 0 Å². The summed E-state index contributed by atoms with van der Waals surface area (Å²) in [7, 11) is 0. The summed E-state index contributed by atoms with van der Waals surface area (Å²) in [5.74, 6) is 0.181. The van der Waals surface area contributed by atoms with E-state index < -0.39 is 0 Å². The van der Waals surface area contributed by atoms with Crippen LogP contribution >= 0.6 is 0 Å². The molecule has 2 unspecified atom stereocenters. The number of hydrogen-bond donors (Lipinski definition) is 3. The first-order chi connectivity index (χ1) is 9.02. The predicted molar refractivity (Wildman–Crippen MR) is 72.7 cm³/mol. The molecule has 1 saturated carbocycles. The molecule has 0 saturated heterocycles. The van der Waals surface area contributed by atoms with E-state index in [2.05, 4.69) is 10.4 Å². The van der Waals surface area contributed by atoms with E-state index >= 15 is 0 Å². The number of carbonyl (C=O) groups is 1. The molecule has 0 aromatic carbocycles. The van der Waals surface area contributed by atoms with Gasteiger partial charge in [-0.1, -0.05) is 0 Å². The summed E-state index contributed by atoms with van der Waals surface area (Å²) in [5, 5.41) is 16.6. The summed E-state index contributed by atoms with van der Waals surface area (Å²) < 4.78 is 1.63. The van der Waals surface area contributed by atoms with Crippen molar-refractivity contribution in [2.24, 2.45) is 5.92 Å². The molecule has 0 spiro atoms. The monoisotopic (exact) mass is 266 g/mol. The zero-order valence-electron chi connectivity index (χ0n) is 11.5. The lowest BCUT2D eigenvalue weighted by atomic mass is 10.1. The molecule has 6 nitrogen and oxygen atoms in total. The topological polar surface area (TPSA) is 93.2 Å². The number of amides is 1. The molecule has 2 atom stereocenters. The van der Waals surface area contributed by atoms with Crippen LogP contribution in [0.2, 0.25) is 0 Å². The Hall–Kier alpha value is -1.56. The molecule has 1 fully saturated rings. The van der Waals surface area contributed by atoms with Crippen LogP contribution in [-0.2, 0) is 6.54 Å². The Bertz CT molecular complexity index is 469. The fourth-order valence-corrected chi connectivity index (χ4v) is 2.62. The zero-order valence-corrected chi connectivity index (χ0v) is 11.5. The predicted octanol–water partition coefficient (Wildman–Crippen LogP) is 0.684. The maximum absolute atomic E-state index is 12.2. The minimum Gasteiger partial charge on any atom is -0.395 e. The largest absolute Gasteiger partial charge is 0.395 e. The smallest absolute Gasteiger partial charge is 0.271 e. The van der Waals surface area contributed by atoms with Crippen molar-refractivity contribution in [2.75, 3.05) is 12.3 Å². The van der Waals surface area contributed by atoms with Gasteiger partial charge in [0, 0.05) is 13.1 Å². The lowest BCUT2D eigenvalue weighted by molar-refractivity contribution is 0.0935. The molecule has 0 aliphatic heterocycles. The summed E-state index contributed by atoms with van der Waals surface area (Å²) in [6.45, 7) is 4.92. The number of nitrogen functional groups attached to an aromatic ring is 1. The van der Waals surface area contributed by atoms with Crippen molar-refractivity contribution in [3.8, 4) is 0 Å². The van der Waals surface area contributed by atoms with Gasteiger partial charge in [-0.3, -0.25) is 9.48 Å². The molecule has 1 heterocycles. The molecule has 2 rings (SSSR count). The Morgan fingerprint density at radius 3 is 2.89 bits per heavy atom. The SMILES string of the molecule is CCn1nc(C)c(N)c1C(=O)NCC1CCC(O)C1. The van der Waals surface area contributed by atoms with E-state index in [1.54, 1.807) is 11.6 Å². The Kier molecular flexibility index (Phi) is 4.09. The molecule has 1 aliphatic rings. The van der Waals surface area contributed by atoms with E-state index in [-0.39, 0.29) is 12.0 Å². The van der Waals surface area contributed by atoms with Crippen molar-refractivity contribution >= 4 is 11.6 Å². The summed E-state index contributed by atoms with van der Waals surface area (Å²) in [5.41, 5.74) is 7.48. The molecule has 1 amide bonds. The number of nitrogens with zero attached hydrogens (tertiary/aromatic N) is 2. The average Bonchev–Trinajstić information content (AvgIpc) is 2.92. The number of anilines is 1. The minimum absolute atomic E-state index is 0.179. The third-order valence-corrected chi connectivity index (χ3v) is 3.75. The molecule has 1 aromatic rings. The van der Waals surface area contributed by atoms with E-state index in [1.807, 2.05) is 6.92 Å². The average molecular weight is 266 g/mol. The highest BCUT2D eigenvalue weighted by Crippen LogP contribution is 2.24. The van der Waals surface area contributed by atoms with Crippen LogP contribution in [0.4, 0.5) is 5.69 Å². The van der Waals surface area contributed by atoms with E-state index in [1.165, 1.54) is 0 Å². The van der Waals surface area contributed by atoms with Crippen LogP contribution in [0.3, 0.4) is 0 Å². The van der Waals surface area contributed by atoms with Crippen molar-refractivity contribution in [1.29, 1.82) is 0 Å². The van der Waals surface area contributed by atoms with E-state index in [0.29, 0.717) is 36.1 Å². The summed E-state index contributed by atoms with van der Waals surface area (Å²) in [6.07, 6.45) is 2.34. The van der Waals surface area contributed by atoms with E-state index in [0.717, 1.165) is 19.3 Å². The molecule has 106 valence electrons. The highest BCUT2D eigenvalue weighted by atomic mass is 16.3. The van der Waals surface area contributed by atoms with Crippen LogP contribution in [0.5, 0.6) is 0 Å². The van der Waals surface area contributed by atoms with Gasteiger partial charge in [0.05, 0.1) is 17.5 Å². The summed E-state index contributed by atoms with van der Waals surface area (Å²) in [6, 6.07) is 0. The number of nitrogens with one attached hydrogen (secondary N) is 1. The fraction of sp³-hybridized carbons (Fsp3) is 0.692. The van der Waals surface area contributed by atoms with Crippen molar-refractivity contribution in [3.05, 3.63) is 11.4 Å². The molecule has 19 heavy (non-hydrogen) atoms. The quantitative estimate of drug-likeness (QED) is 0.747. The number of nitrogens with two attached hydrogens (primary N) is 1. The van der Waals surface area contributed by atoms with Crippen molar-refractivity contribution in [3.63, 3.8) is 0 Å².